The van der Waals surface area contributed by atoms with Gasteiger partial charge in [-0.1, -0.05) is 30.3 Å². The molecule has 0 spiro atoms. The van der Waals surface area contributed by atoms with Gasteiger partial charge in [0.25, 0.3) is 5.91 Å². The second-order valence-electron chi connectivity index (χ2n) is 6.12. The van der Waals surface area contributed by atoms with Crippen LogP contribution in [0.25, 0.3) is 0 Å². The van der Waals surface area contributed by atoms with Crippen LogP contribution in [0.4, 0.5) is 0 Å². The third-order valence-electron chi connectivity index (χ3n) is 4.55. The van der Waals surface area contributed by atoms with Crippen LogP contribution in [0.5, 0.6) is 11.5 Å². The summed E-state index contributed by atoms with van der Waals surface area (Å²) in [6.07, 6.45) is 0. The maximum atomic E-state index is 12.8. The summed E-state index contributed by atoms with van der Waals surface area (Å²) in [4.78, 5) is 17.1. The molecule has 5 heteroatoms. The summed E-state index contributed by atoms with van der Waals surface area (Å²) < 4.78 is 10.6. The van der Waals surface area contributed by atoms with Gasteiger partial charge in [0, 0.05) is 38.8 Å². The van der Waals surface area contributed by atoms with E-state index in [2.05, 4.69) is 29.2 Å². The van der Waals surface area contributed by atoms with Gasteiger partial charge in [0.05, 0.1) is 19.8 Å². The highest BCUT2D eigenvalue weighted by Crippen LogP contribution is 2.26. The summed E-state index contributed by atoms with van der Waals surface area (Å²) >= 11 is 0. The fourth-order valence-electron chi connectivity index (χ4n) is 3.10. The summed E-state index contributed by atoms with van der Waals surface area (Å²) in [5.41, 5.74) is 1.89. The lowest BCUT2D eigenvalue weighted by Gasteiger charge is -2.35. The lowest BCUT2D eigenvalue weighted by molar-refractivity contribution is 0.0625. The molecule has 1 aliphatic rings. The van der Waals surface area contributed by atoms with Crippen LogP contribution < -0.4 is 9.47 Å². The van der Waals surface area contributed by atoms with Crippen molar-refractivity contribution in [3.8, 4) is 11.5 Å². The Morgan fingerprint density at radius 2 is 1.68 bits per heavy atom. The number of carbonyl (C=O) groups is 1. The Kier molecular flexibility index (Phi) is 5.56. The Balaban J connectivity index is 1.62. The SMILES string of the molecule is COc1ccc(C(=O)N2CCN(Cc3ccccc3)CC2)c(OC)c1. The predicted molar refractivity (Wildman–Crippen MR) is 97.2 cm³/mol. The average Bonchev–Trinajstić information content (AvgIpc) is 2.68. The van der Waals surface area contributed by atoms with Gasteiger partial charge in [-0.2, -0.15) is 0 Å². The van der Waals surface area contributed by atoms with Crippen molar-refractivity contribution < 1.29 is 14.3 Å². The van der Waals surface area contributed by atoms with Gasteiger partial charge in [-0.05, 0) is 17.7 Å². The number of hydrogen-bond donors (Lipinski definition) is 0. The highest BCUT2D eigenvalue weighted by atomic mass is 16.5. The molecule has 0 unspecified atom stereocenters. The van der Waals surface area contributed by atoms with Crippen LogP contribution in [-0.2, 0) is 6.54 Å². The molecule has 25 heavy (non-hydrogen) atoms. The third-order valence-corrected chi connectivity index (χ3v) is 4.55. The molecule has 5 nitrogen and oxygen atoms in total. The first-order chi connectivity index (χ1) is 12.2. The van der Waals surface area contributed by atoms with Crippen LogP contribution in [0.1, 0.15) is 15.9 Å². The van der Waals surface area contributed by atoms with E-state index in [-0.39, 0.29) is 5.91 Å². The monoisotopic (exact) mass is 340 g/mol. The van der Waals surface area contributed by atoms with Gasteiger partial charge in [0.2, 0.25) is 0 Å². The number of piperazine rings is 1. The predicted octanol–water partition coefficient (Wildman–Crippen LogP) is 2.66. The number of amides is 1. The summed E-state index contributed by atoms with van der Waals surface area (Å²) in [6, 6.07) is 15.7. The summed E-state index contributed by atoms with van der Waals surface area (Å²) in [6.45, 7) is 4.12. The molecule has 1 amide bonds. The molecule has 0 bridgehead atoms. The highest BCUT2D eigenvalue weighted by molar-refractivity contribution is 5.97. The zero-order valence-electron chi connectivity index (χ0n) is 14.8. The van der Waals surface area contributed by atoms with Gasteiger partial charge >= 0.3 is 0 Å². The minimum absolute atomic E-state index is 0.0128. The maximum Gasteiger partial charge on any atom is 0.257 e. The Hall–Kier alpha value is -2.53. The minimum Gasteiger partial charge on any atom is -0.497 e. The topological polar surface area (TPSA) is 42.0 Å². The van der Waals surface area contributed by atoms with Gasteiger partial charge in [-0.15, -0.1) is 0 Å². The Morgan fingerprint density at radius 1 is 0.960 bits per heavy atom. The molecule has 1 heterocycles. The van der Waals surface area contributed by atoms with E-state index < -0.39 is 0 Å². The van der Waals surface area contributed by atoms with E-state index in [1.165, 1.54) is 5.56 Å². The van der Waals surface area contributed by atoms with E-state index >= 15 is 0 Å². The normalized spacial score (nSPS) is 15.0. The number of rotatable bonds is 5. The number of hydrogen-bond acceptors (Lipinski definition) is 4. The minimum atomic E-state index is 0.0128. The van der Waals surface area contributed by atoms with Gasteiger partial charge < -0.3 is 14.4 Å². The van der Waals surface area contributed by atoms with Crippen LogP contribution >= 0.6 is 0 Å². The van der Waals surface area contributed by atoms with Crippen LogP contribution in [0, 0.1) is 0 Å². The van der Waals surface area contributed by atoms with Crippen molar-refractivity contribution >= 4 is 5.91 Å². The quantitative estimate of drug-likeness (QED) is 0.839. The van der Waals surface area contributed by atoms with Gasteiger partial charge in [-0.3, -0.25) is 9.69 Å². The first kappa shape index (κ1) is 17.3. The van der Waals surface area contributed by atoms with E-state index in [4.69, 9.17) is 9.47 Å². The summed E-state index contributed by atoms with van der Waals surface area (Å²) in [5, 5.41) is 0. The van der Waals surface area contributed by atoms with Crippen LogP contribution in [-0.4, -0.2) is 56.1 Å². The molecule has 2 aromatic rings. The molecule has 0 aromatic heterocycles. The summed E-state index contributed by atoms with van der Waals surface area (Å²) in [5.74, 6) is 1.25. The fraction of sp³-hybridized carbons (Fsp3) is 0.350. The molecule has 0 aliphatic carbocycles. The fourth-order valence-corrected chi connectivity index (χ4v) is 3.10. The smallest absolute Gasteiger partial charge is 0.257 e. The number of benzene rings is 2. The third kappa shape index (κ3) is 4.12. The molecule has 0 saturated carbocycles. The molecular formula is C20H24N2O3. The number of nitrogens with zero attached hydrogens (tertiary/aromatic N) is 2. The van der Waals surface area contributed by atoms with Crippen molar-refractivity contribution in [3.63, 3.8) is 0 Å². The van der Waals surface area contributed by atoms with Crippen molar-refractivity contribution in [1.82, 2.24) is 9.80 Å². The van der Waals surface area contributed by atoms with Crippen LogP contribution in [0.2, 0.25) is 0 Å². The molecule has 132 valence electrons. The van der Waals surface area contributed by atoms with Gasteiger partial charge in [0.15, 0.2) is 0 Å². The molecule has 0 radical (unpaired) electrons. The Bertz CT molecular complexity index is 710. The van der Waals surface area contributed by atoms with E-state index in [0.29, 0.717) is 17.1 Å². The van der Waals surface area contributed by atoms with E-state index in [0.717, 1.165) is 32.7 Å². The Morgan fingerprint density at radius 3 is 2.32 bits per heavy atom. The van der Waals surface area contributed by atoms with Crippen molar-refractivity contribution in [2.24, 2.45) is 0 Å². The molecule has 1 fully saturated rings. The number of ether oxygens (including phenoxy) is 2. The molecule has 0 atom stereocenters. The molecule has 1 saturated heterocycles. The maximum absolute atomic E-state index is 12.8. The first-order valence-corrected chi connectivity index (χ1v) is 8.49. The molecule has 1 aliphatic heterocycles. The Labute approximate surface area is 148 Å². The number of carbonyl (C=O) groups excluding carboxylic acids is 1. The largest absolute Gasteiger partial charge is 0.497 e. The van der Waals surface area contributed by atoms with E-state index in [9.17, 15) is 4.79 Å². The highest BCUT2D eigenvalue weighted by Gasteiger charge is 2.24. The number of methoxy groups -OCH3 is 2. The van der Waals surface area contributed by atoms with Crippen LogP contribution in [0.15, 0.2) is 48.5 Å². The van der Waals surface area contributed by atoms with Crippen molar-refractivity contribution in [2.45, 2.75) is 6.54 Å². The second kappa shape index (κ2) is 8.03. The van der Waals surface area contributed by atoms with Crippen LogP contribution in [0.3, 0.4) is 0 Å². The standard InChI is InChI=1S/C20H24N2O3/c1-24-17-8-9-18(19(14-17)25-2)20(23)22-12-10-21(11-13-22)15-16-6-4-3-5-7-16/h3-9,14H,10-13,15H2,1-2H3. The molecule has 2 aromatic carbocycles. The zero-order chi connectivity index (χ0) is 17.6. The van der Waals surface area contributed by atoms with Gasteiger partial charge in [0.1, 0.15) is 11.5 Å². The lowest BCUT2D eigenvalue weighted by atomic mass is 10.1. The molecule has 3 rings (SSSR count). The molecular weight excluding hydrogens is 316 g/mol. The van der Waals surface area contributed by atoms with E-state index in [1.807, 2.05) is 11.0 Å². The van der Waals surface area contributed by atoms with E-state index in [1.54, 1.807) is 32.4 Å². The zero-order valence-corrected chi connectivity index (χ0v) is 14.8. The van der Waals surface area contributed by atoms with Gasteiger partial charge in [-0.25, -0.2) is 0 Å². The first-order valence-electron chi connectivity index (χ1n) is 8.49. The van der Waals surface area contributed by atoms with Crippen molar-refractivity contribution in [2.75, 3.05) is 40.4 Å². The van der Waals surface area contributed by atoms with Crippen molar-refractivity contribution in [1.29, 1.82) is 0 Å². The lowest BCUT2D eigenvalue weighted by Crippen LogP contribution is -2.48. The second-order valence-corrected chi connectivity index (χ2v) is 6.12. The van der Waals surface area contributed by atoms with Crippen molar-refractivity contribution in [3.05, 3.63) is 59.7 Å². The molecule has 0 N–H and O–H groups in total. The summed E-state index contributed by atoms with van der Waals surface area (Å²) in [7, 11) is 3.17. The average molecular weight is 340 g/mol.